The Morgan fingerprint density at radius 3 is 2.62 bits per heavy atom. The monoisotopic (exact) mass is 290 g/mol. The summed E-state index contributed by atoms with van der Waals surface area (Å²) in [7, 11) is 0. The van der Waals surface area contributed by atoms with Gasteiger partial charge in [-0.15, -0.1) is 0 Å². The molecule has 1 atom stereocenters. The Kier molecular flexibility index (Phi) is 3.04. The maximum Gasteiger partial charge on any atom is 0.335 e. The number of nitrogens with zero attached hydrogens (tertiary/aromatic N) is 1. The van der Waals surface area contributed by atoms with Gasteiger partial charge in [-0.1, -0.05) is 13.8 Å². The summed E-state index contributed by atoms with van der Waals surface area (Å²) in [6.07, 6.45) is 0. The molecule has 4 amide bonds. The van der Waals surface area contributed by atoms with Crippen LogP contribution in [-0.4, -0.2) is 24.6 Å². The van der Waals surface area contributed by atoms with Crippen molar-refractivity contribution in [3.8, 4) is 11.5 Å². The van der Waals surface area contributed by atoms with E-state index in [9.17, 15) is 14.4 Å². The SMILES string of the molecule is CC(C)C1C(=O)NC(=O)N(c2ccc3c(c2)OCO3)C1=O. The summed E-state index contributed by atoms with van der Waals surface area (Å²) >= 11 is 0. The third-order valence-electron chi connectivity index (χ3n) is 3.48. The molecule has 110 valence electrons. The number of nitrogens with one attached hydrogen (secondary N) is 1. The summed E-state index contributed by atoms with van der Waals surface area (Å²) in [6.45, 7) is 3.62. The molecule has 0 aliphatic carbocycles. The highest BCUT2D eigenvalue weighted by Gasteiger charge is 2.43. The minimum Gasteiger partial charge on any atom is -0.454 e. The Labute approximate surface area is 120 Å². The Bertz CT molecular complexity index is 640. The maximum absolute atomic E-state index is 12.5. The number of rotatable bonds is 2. The van der Waals surface area contributed by atoms with Crippen LogP contribution in [0.3, 0.4) is 0 Å². The van der Waals surface area contributed by atoms with E-state index in [4.69, 9.17) is 9.47 Å². The number of amides is 4. The molecule has 0 bridgehead atoms. The second-order valence-electron chi connectivity index (χ2n) is 5.23. The third kappa shape index (κ3) is 2.10. The molecule has 1 aromatic carbocycles. The standard InChI is InChI=1S/C14H14N2O5/c1-7(2)11-12(17)15-14(19)16(13(11)18)8-3-4-9-10(5-8)21-6-20-9/h3-5,7,11H,6H2,1-2H3,(H,15,17,19). The fourth-order valence-corrected chi connectivity index (χ4v) is 2.45. The first-order valence-electron chi connectivity index (χ1n) is 6.57. The maximum atomic E-state index is 12.5. The van der Waals surface area contributed by atoms with Gasteiger partial charge in [-0.2, -0.15) is 0 Å². The highest BCUT2D eigenvalue weighted by molar-refractivity contribution is 6.27. The van der Waals surface area contributed by atoms with Crippen molar-refractivity contribution in [1.29, 1.82) is 0 Å². The van der Waals surface area contributed by atoms with E-state index in [-0.39, 0.29) is 12.7 Å². The summed E-state index contributed by atoms with van der Waals surface area (Å²) in [4.78, 5) is 37.2. The van der Waals surface area contributed by atoms with E-state index in [0.717, 1.165) is 4.90 Å². The molecule has 2 aliphatic heterocycles. The molecule has 7 nitrogen and oxygen atoms in total. The lowest BCUT2D eigenvalue weighted by Crippen LogP contribution is -2.59. The second kappa shape index (κ2) is 4.76. The van der Waals surface area contributed by atoms with Crippen LogP contribution in [0.5, 0.6) is 11.5 Å². The minimum atomic E-state index is -0.881. The normalized spacial score (nSPS) is 21.0. The van der Waals surface area contributed by atoms with Crippen LogP contribution in [0.2, 0.25) is 0 Å². The Balaban J connectivity index is 1.98. The van der Waals surface area contributed by atoms with Gasteiger partial charge in [0.2, 0.25) is 18.6 Å². The van der Waals surface area contributed by atoms with E-state index in [1.807, 2.05) is 0 Å². The zero-order chi connectivity index (χ0) is 15.1. The fraction of sp³-hybridized carbons (Fsp3) is 0.357. The molecule has 3 rings (SSSR count). The van der Waals surface area contributed by atoms with E-state index in [1.165, 1.54) is 0 Å². The number of benzene rings is 1. The zero-order valence-electron chi connectivity index (χ0n) is 11.6. The van der Waals surface area contributed by atoms with Crippen molar-refractivity contribution in [2.45, 2.75) is 13.8 Å². The first-order valence-corrected chi connectivity index (χ1v) is 6.57. The van der Waals surface area contributed by atoms with Crippen LogP contribution < -0.4 is 19.7 Å². The number of ether oxygens (including phenoxy) is 2. The van der Waals surface area contributed by atoms with Gasteiger partial charge in [0.1, 0.15) is 5.92 Å². The minimum absolute atomic E-state index is 0.103. The predicted octanol–water partition coefficient (Wildman–Crippen LogP) is 1.27. The number of barbiturate groups is 1. The first-order chi connectivity index (χ1) is 9.99. The second-order valence-corrected chi connectivity index (χ2v) is 5.23. The van der Waals surface area contributed by atoms with Crippen molar-refractivity contribution >= 4 is 23.5 Å². The lowest BCUT2D eigenvalue weighted by Gasteiger charge is -2.31. The van der Waals surface area contributed by atoms with Gasteiger partial charge in [0.15, 0.2) is 11.5 Å². The van der Waals surface area contributed by atoms with Crippen LogP contribution in [0.4, 0.5) is 10.5 Å². The lowest BCUT2D eigenvalue weighted by molar-refractivity contribution is -0.136. The smallest absolute Gasteiger partial charge is 0.335 e. The third-order valence-corrected chi connectivity index (χ3v) is 3.48. The van der Waals surface area contributed by atoms with Gasteiger partial charge in [-0.3, -0.25) is 14.9 Å². The van der Waals surface area contributed by atoms with Gasteiger partial charge >= 0.3 is 6.03 Å². The average molecular weight is 290 g/mol. The van der Waals surface area contributed by atoms with E-state index >= 15 is 0 Å². The fourth-order valence-electron chi connectivity index (χ4n) is 2.45. The van der Waals surface area contributed by atoms with Crippen LogP contribution in [-0.2, 0) is 9.59 Å². The number of imide groups is 2. The van der Waals surface area contributed by atoms with Gasteiger partial charge in [0.05, 0.1) is 5.69 Å². The Hall–Kier alpha value is -2.57. The number of fused-ring (bicyclic) bond motifs is 1. The molecule has 0 saturated carbocycles. The van der Waals surface area contributed by atoms with Gasteiger partial charge in [-0.25, -0.2) is 9.69 Å². The van der Waals surface area contributed by atoms with Crippen LogP contribution >= 0.6 is 0 Å². The molecule has 1 unspecified atom stereocenters. The number of carbonyl (C=O) groups excluding carboxylic acids is 3. The number of hydrogen-bond donors (Lipinski definition) is 1. The molecular formula is C14H14N2O5. The summed E-state index contributed by atoms with van der Waals surface area (Å²) in [5.41, 5.74) is 0.347. The summed E-state index contributed by atoms with van der Waals surface area (Å²) in [5.74, 6) is -1.16. The zero-order valence-corrected chi connectivity index (χ0v) is 11.6. The topological polar surface area (TPSA) is 84.9 Å². The number of urea groups is 1. The van der Waals surface area contributed by atoms with E-state index in [2.05, 4.69) is 5.32 Å². The van der Waals surface area contributed by atoms with Crippen LogP contribution in [0.15, 0.2) is 18.2 Å². The van der Waals surface area contributed by atoms with Gasteiger partial charge in [-0.05, 0) is 18.1 Å². The summed E-state index contributed by atoms with van der Waals surface area (Å²) < 4.78 is 10.4. The molecule has 0 radical (unpaired) electrons. The molecule has 1 N–H and O–H groups in total. The first kappa shape index (κ1) is 13.4. The lowest BCUT2D eigenvalue weighted by atomic mass is 9.92. The quantitative estimate of drug-likeness (QED) is 0.829. The van der Waals surface area contributed by atoms with E-state index in [1.54, 1.807) is 32.0 Å². The van der Waals surface area contributed by atoms with E-state index in [0.29, 0.717) is 17.2 Å². The van der Waals surface area contributed by atoms with Crippen molar-refractivity contribution in [2.24, 2.45) is 11.8 Å². The van der Waals surface area contributed by atoms with Crippen molar-refractivity contribution in [2.75, 3.05) is 11.7 Å². The molecule has 2 heterocycles. The van der Waals surface area contributed by atoms with Crippen LogP contribution in [0, 0.1) is 11.8 Å². The van der Waals surface area contributed by atoms with Crippen molar-refractivity contribution in [3.05, 3.63) is 18.2 Å². The van der Waals surface area contributed by atoms with Crippen LogP contribution in [0.1, 0.15) is 13.8 Å². The number of anilines is 1. The highest BCUT2D eigenvalue weighted by Crippen LogP contribution is 2.36. The molecule has 7 heteroatoms. The van der Waals surface area contributed by atoms with Gasteiger partial charge < -0.3 is 9.47 Å². The summed E-state index contributed by atoms with van der Waals surface area (Å²) in [6, 6.07) is 4.00. The molecule has 21 heavy (non-hydrogen) atoms. The Morgan fingerprint density at radius 1 is 1.19 bits per heavy atom. The molecule has 0 spiro atoms. The predicted molar refractivity (Wildman–Crippen MR) is 71.9 cm³/mol. The van der Waals surface area contributed by atoms with Gasteiger partial charge in [0.25, 0.3) is 0 Å². The average Bonchev–Trinajstić information content (AvgIpc) is 2.84. The number of hydrogen-bond acceptors (Lipinski definition) is 5. The molecule has 1 aromatic rings. The highest BCUT2D eigenvalue weighted by atomic mass is 16.7. The molecule has 2 aliphatic rings. The molecule has 1 saturated heterocycles. The van der Waals surface area contributed by atoms with Crippen molar-refractivity contribution in [3.63, 3.8) is 0 Å². The number of carbonyl (C=O) groups is 3. The Morgan fingerprint density at radius 2 is 1.90 bits per heavy atom. The largest absolute Gasteiger partial charge is 0.454 e. The summed E-state index contributed by atoms with van der Waals surface area (Å²) in [5, 5.41) is 2.21. The van der Waals surface area contributed by atoms with Crippen molar-refractivity contribution < 1.29 is 23.9 Å². The molecule has 1 fully saturated rings. The molecular weight excluding hydrogens is 276 g/mol. The molecule has 0 aromatic heterocycles. The van der Waals surface area contributed by atoms with E-state index < -0.39 is 23.8 Å². The van der Waals surface area contributed by atoms with Gasteiger partial charge in [0, 0.05) is 6.07 Å². The van der Waals surface area contributed by atoms with Crippen molar-refractivity contribution in [1.82, 2.24) is 5.32 Å². The van der Waals surface area contributed by atoms with Crippen LogP contribution in [0.25, 0.3) is 0 Å².